The monoisotopic (exact) mass is 208 g/mol. The highest BCUT2D eigenvalue weighted by atomic mass is 19.1. The minimum absolute atomic E-state index is 0.144. The molecule has 0 spiro atoms. The molecule has 0 atom stereocenters. The van der Waals surface area contributed by atoms with Crippen LogP contribution in [-0.4, -0.2) is 25.0 Å². The van der Waals surface area contributed by atoms with Crippen LogP contribution in [0.1, 0.15) is 12.0 Å². The highest BCUT2D eigenvalue weighted by Crippen LogP contribution is 2.11. The van der Waals surface area contributed by atoms with Crippen molar-refractivity contribution in [2.24, 2.45) is 0 Å². The second kappa shape index (κ2) is 6.86. The van der Waals surface area contributed by atoms with Crippen LogP contribution in [0.4, 0.5) is 4.39 Å². The lowest BCUT2D eigenvalue weighted by Gasteiger charge is -2.03. The van der Waals surface area contributed by atoms with E-state index < -0.39 is 0 Å². The zero-order valence-corrected chi connectivity index (χ0v) is 8.37. The molecule has 1 aromatic carbocycles. The van der Waals surface area contributed by atoms with Gasteiger partial charge in [0.05, 0.1) is 13.3 Å². The summed E-state index contributed by atoms with van der Waals surface area (Å²) >= 11 is 0. The molecule has 0 aliphatic heterocycles. The molecule has 3 heteroatoms. The van der Waals surface area contributed by atoms with E-state index in [1.165, 1.54) is 0 Å². The SMILES string of the molecule is OCC#Cc1ccc(OCCCF)cc1. The smallest absolute Gasteiger partial charge is 0.119 e. The third-order valence-corrected chi connectivity index (χ3v) is 1.71. The summed E-state index contributed by atoms with van der Waals surface area (Å²) in [6.07, 6.45) is 0.409. The summed E-state index contributed by atoms with van der Waals surface area (Å²) in [6, 6.07) is 7.15. The molecule has 0 saturated heterocycles. The van der Waals surface area contributed by atoms with Crippen LogP contribution < -0.4 is 4.74 Å². The third kappa shape index (κ3) is 4.48. The van der Waals surface area contributed by atoms with Crippen molar-refractivity contribution in [1.82, 2.24) is 0 Å². The number of benzene rings is 1. The van der Waals surface area contributed by atoms with Crippen LogP contribution in [0.5, 0.6) is 5.75 Å². The van der Waals surface area contributed by atoms with E-state index in [1.54, 1.807) is 24.3 Å². The lowest BCUT2D eigenvalue weighted by molar-refractivity contribution is 0.289. The highest BCUT2D eigenvalue weighted by Gasteiger charge is 1.93. The number of halogens is 1. The van der Waals surface area contributed by atoms with Crippen LogP contribution in [0.25, 0.3) is 0 Å². The Morgan fingerprint density at radius 2 is 2.00 bits per heavy atom. The van der Waals surface area contributed by atoms with Crippen molar-refractivity contribution < 1.29 is 14.2 Å². The molecule has 0 aliphatic rings. The van der Waals surface area contributed by atoms with Crippen LogP contribution in [0.2, 0.25) is 0 Å². The molecule has 0 saturated carbocycles. The Kier molecular flexibility index (Phi) is 5.28. The van der Waals surface area contributed by atoms with Crippen molar-refractivity contribution in [2.45, 2.75) is 6.42 Å². The number of ether oxygens (including phenoxy) is 1. The number of aliphatic hydroxyl groups is 1. The van der Waals surface area contributed by atoms with Gasteiger partial charge in [0.2, 0.25) is 0 Å². The Bertz CT molecular complexity index is 335. The summed E-state index contributed by atoms with van der Waals surface area (Å²) in [5.74, 6) is 6.03. The molecule has 15 heavy (non-hydrogen) atoms. The molecule has 0 fully saturated rings. The van der Waals surface area contributed by atoms with E-state index in [0.29, 0.717) is 18.8 Å². The summed E-state index contributed by atoms with van der Waals surface area (Å²) in [7, 11) is 0. The third-order valence-electron chi connectivity index (χ3n) is 1.71. The van der Waals surface area contributed by atoms with Crippen LogP contribution in [0.3, 0.4) is 0 Å². The van der Waals surface area contributed by atoms with Gasteiger partial charge in [-0.1, -0.05) is 11.8 Å². The van der Waals surface area contributed by atoms with Crippen molar-refractivity contribution in [1.29, 1.82) is 0 Å². The van der Waals surface area contributed by atoms with Gasteiger partial charge in [-0.25, -0.2) is 0 Å². The van der Waals surface area contributed by atoms with Gasteiger partial charge >= 0.3 is 0 Å². The van der Waals surface area contributed by atoms with Gasteiger partial charge in [0.25, 0.3) is 0 Å². The first kappa shape index (κ1) is 11.5. The Morgan fingerprint density at radius 3 is 2.60 bits per heavy atom. The number of aliphatic hydroxyl groups excluding tert-OH is 1. The predicted octanol–water partition coefficient (Wildman–Crippen LogP) is 1.77. The Balaban J connectivity index is 2.49. The standard InChI is InChI=1S/C12H13FO2/c13-8-2-10-15-12-6-4-11(5-7-12)3-1-9-14/h4-7,14H,2,8-10H2. The lowest BCUT2D eigenvalue weighted by atomic mass is 10.2. The maximum atomic E-state index is 11.8. The fourth-order valence-corrected chi connectivity index (χ4v) is 1.02. The zero-order valence-electron chi connectivity index (χ0n) is 8.37. The Morgan fingerprint density at radius 1 is 1.27 bits per heavy atom. The van der Waals surface area contributed by atoms with Gasteiger partial charge in [0.15, 0.2) is 0 Å². The Labute approximate surface area is 88.7 Å². The molecule has 2 nitrogen and oxygen atoms in total. The second-order valence-electron chi connectivity index (χ2n) is 2.88. The van der Waals surface area contributed by atoms with Gasteiger partial charge in [0.1, 0.15) is 12.4 Å². The largest absolute Gasteiger partial charge is 0.493 e. The van der Waals surface area contributed by atoms with Crippen LogP contribution in [-0.2, 0) is 0 Å². The summed E-state index contributed by atoms with van der Waals surface area (Å²) in [6.45, 7) is -0.118. The lowest BCUT2D eigenvalue weighted by Crippen LogP contribution is -1.97. The van der Waals surface area contributed by atoms with Gasteiger partial charge in [-0.05, 0) is 24.3 Å². The summed E-state index contributed by atoms with van der Waals surface area (Å²) < 4.78 is 17.0. The molecular weight excluding hydrogens is 195 g/mol. The first-order valence-electron chi connectivity index (χ1n) is 4.75. The minimum Gasteiger partial charge on any atom is -0.493 e. The van der Waals surface area contributed by atoms with Crippen LogP contribution >= 0.6 is 0 Å². The van der Waals surface area contributed by atoms with Crippen LogP contribution in [0.15, 0.2) is 24.3 Å². The fraction of sp³-hybridized carbons (Fsp3) is 0.333. The average molecular weight is 208 g/mol. The van der Waals surface area contributed by atoms with Gasteiger partial charge in [-0.15, -0.1) is 0 Å². The predicted molar refractivity (Wildman–Crippen MR) is 56.5 cm³/mol. The summed E-state index contributed by atoms with van der Waals surface area (Å²) in [5.41, 5.74) is 0.821. The number of hydrogen-bond acceptors (Lipinski definition) is 2. The topological polar surface area (TPSA) is 29.5 Å². The average Bonchev–Trinajstić information content (AvgIpc) is 2.28. The molecule has 1 N–H and O–H groups in total. The first-order valence-corrected chi connectivity index (χ1v) is 4.75. The van der Waals surface area contributed by atoms with E-state index in [0.717, 1.165) is 5.56 Å². The van der Waals surface area contributed by atoms with Crippen molar-refractivity contribution in [3.8, 4) is 17.6 Å². The van der Waals surface area contributed by atoms with E-state index in [4.69, 9.17) is 9.84 Å². The maximum Gasteiger partial charge on any atom is 0.119 e. The van der Waals surface area contributed by atoms with E-state index >= 15 is 0 Å². The quantitative estimate of drug-likeness (QED) is 0.603. The van der Waals surface area contributed by atoms with E-state index in [-0.39, 0.29) is 13.3 Å². The summed E-state index contributed by atoms with van der Waals surface area (Å²) in [5, 5.41) is 8.49. The molecule has 1 rings (SSSR count). The number of hydrogen-bond donors (Lipinski definition) is 1. The van der Waals surface area contributed by atoms with Crippen molar-refractivity contribution in [2.75, 3.05) is 19.9 Å². The molecule has 0 heterocycles. The summed E-state index contributed by atoms with van der Waals surface area (Å²) in [4.78, 5) is 0. The normalized spacial score (nSPS) is 9.20. The van der Waals surface area contributed by atoms with Crippen molar-refractivity contribution in [3.63, 3.8) is 0 Å². The van der Waals surface area contributed by atoms with Gasteiger partial charge in [-0.2, -0.15) is 0 Å². The molecule has 0 bridgehead atoms. The van der Waals surface area contributed by atoms with E-state index in [9.17, 15) is 4.39 Å². The molecule has 80 valence electrons. The highest BCUT2D eigenvalue weighted by molar-refractivity contribution is 5.38. The molecule has 0 amide bonds. The van der Waals surface area contributed by atoms with Gasteiger partial charge in [-0.3, -0.25) is 4.39 Å². The van der Waals surface area contributed by atoms with E-state index in [2.05, 4.69) is 11.8 Å². The molecule has 0 unspecified atom stereocenters. The number of rotatable bonds is 4. The Hall–Kier alpha value is -1.53. The molecule has 0 aromatic heterocycles. The van der Waals surface area contributed by atoms with Crippen molar-refractivity contribution in [3.05, 3.63) is 29.8 Å². The molecule has 0 aliphatic carbocycles. The van der Waals surface area contributed by atoms with Crippen molar-refractivity contribution >= 4 is 0 Å². The minimum atomic E-state index is -0.361. The molecular formula is C12H13FO2. The van der Waals surface area contributed by atoms with Gasteiger partial charge in [0, 0.05) is 12.0 Å². The second-order valence-corrected chi connectivity index (χ2v) is 2.88. The molecule has 1 aromatic rings. The maximum absolute atomic E-state index is 11.8. The first-order chi connectivity index (χ1) is 7.36. The van der Waals surface area contributed by atoms with E-state index in [1.807, 2.05) is 0 Å². The molecule has 0 radical (unpaired) electrons. The van der Waals surface area contributed by atoms with Crippen LogP contribution in [0, 0.1) is 11.8 Å². The number of alkyl halides is 1. The van der Waals surface area contributed by atoms with Gasteiger partial charge < -0.3 is 9.84 Å². The fourth-order valence-electron chi connectivity index (χ4n) is 1.02. The zero-order chi connectivity index (χ0) is 10.9.